The second kappa shape index (κ2) is 6.18. The topological polar surface area (TPSA) is 97.9 Å². The van der Waals surface area contributed by atoms with E-state index in [4.69, 9.17) is 4.52 Å². The van der Waals surface area contributed by atoms with E-state index in [1.165, 1.54) is 11.0 Å². The molecule has 8 heteroatoms. The first-order valence-corrected chi connectivity index (χ1v) is 6.50. The molecule has 2 rings (SSSR count). The maximum Gasteiger partial charge on any atom is 0.321 e. The number of hydrogen-bond acceptors (Lipinski definition) is 5. The van der Waals surface area contributed by atoms with E-state index in [1.807, 2.05) is 13.8 Å². The van der Waals surface area contributed by atoms with E-state index >= 15 is 0 Å². The average molecular weight is 278 g/mol. The van der Waals surface area contributed by atoms with E-state index in [1.54, 1.807) is 7.05 Å². The van der Waals surface area contributed by atoms with E-state index in [0.29, 0.717) is 12.5 Å². The van der Waals surface area contributed by atoms with Crippen LogP contribution in [0.5, 0.6) is 0 Å². The van der Waals surface area contributed by atoms with Crippen molar-refractivity contribution in [3.8, 4) is 0 Å². The summed E-state index contributed by atoms with van der Waals surface area (Å²) in [5, 5.41) is 13.3. The van der Waals surface area contributed by atoms with Crippen LogP contribution in [-0.4, -0.2) is 26.0 Å². The van der Waals surface area contributed by atoms with Crippen molar-refractivity contribution in [2.75, 3.05) is 5.32 Å². The predicted molar refractivity (Wildman–Crippen MR) is 72.1 cm³/mol. The molecule has 0 atom stereocenters. The zero-order chi connectivity index (χ0) is 14.5. The Kier molecular flexibility index (Phi) is 4.34. The lowest BCUT2D eigenvalue weighted by Crippen LogP contribution is -2.29. The molecule has 2 aromatic rings. The van der Waals surface area contributed by atoms with Gasteiger partial charge in [-0.25, -0.2) is 9.48 Å². The van der Waals surface area contributed by atoms with Crippen LogP contribution in [-0.2, 0) is 26.4 Å². The Labute approximate surface area is 116 Å². The summed E-state index contributed by atoms with van der Waals surface area (Å²) in [4.78, 5) is 15.7. The molecule has 0 saturated heterocycles. The van der Waals surface area contributed by atoms with Gasteiger partial charge in [0.15, 0.2) is 0 Å². The Balaban J connectivity index is 1.96. The number of carbonyl (C=O) groups is 1. The molecule has 0 saturated carbocycles. The molecule has 0 aliphatic heterocycles. The molecule has 2 heterocycles. The number of anilines is 1. The van der Waals surface area contributed by atoms with Gasteiger partial charge in [-0.2, -0.15) is 10.1 Å². The van der Waals surface area contributed by atoms with E-state index in [9.17, 15) is 4.79 Å². The number of amides is 2. The van der Waals surface area contributed by atoms with Crippen LogP contribution >= 0.6 is 0 Å². The fourth-order valence-electron chi connectivity index (χ4n) is 1.86. The highest BCUT2D eigenvalue weighted by Crippen LogP contribution is 2.15. The van der Waals surface area contributed by atoms with Crippen molar-refractivity contribution in [2.45, 2.75) is 33.2 Å². The number of carbonyl (C=O) groups excluding carboxylic acids is 1. The minimum Gasteiger partial charge on any atom is -0.361 e. The van der Waals surface area contributed by atoms with Gasteiger partial charge in [0.05, 0.1) is 5.69 Å². The highest BCUT2D eigenvalue weighted by atomic mass is 16.5. The third kappa shape index (κ3) is 2.95. The summed E-state index contributed by atoms with van der Waals surface area (Å²) < 4.78 is 6.73. The minimum atomic E-state index is -0.341. The fourth-order valence-corrected chi connectivity index (χ4v) is 1.86. The Morgan fingerprint density at radius 3 is 2.80 bits per heavy atom. The van der Waals surface area contributed by atoms with Crippen molar-refractivity contribution >= 4 is 12.0 Å². The smallest absolute Gasteiger partial charge is 0.321 e. The predicted octanol–water partition coefficient (Wildman–Crippen LogP) is 1.25. The molecule has 0 radical (unpaired) electrons. The largest absolute Gasteiger partial charge is 0.361 e. The number of hydrogen-bond donors (Lipinski definition) is 2. The standard InChI is InChI=1S/C12H18N6O2/c1-4-9-8(10(5-2)20-17-9)6-13-12(19)16-11-14-7-15-18(11)3/h7H,4-6H2,1-3H3,(H2,13,14,15,16,19). The van der Waals surface area contributed by atoms with Crippen molar-refractivity contribution in [1.82, 2.24) is 25.2 Å². The molecule has 0 aliphatic carbocycles. The Bertz CT molecular complexity index is 567. The quantitative estimate of drug-likeness (QED) is 0.857. The van der Waals surface area contributed by atoms with Gasteiger partial charge >= 0.3 is 6.03 Å². The lowest BCUT2D eigenvalue weighted by atomic mass is 10.1. The van der Waals surface area contributed by atoms with Gasteiger partial charge in [-0.05, 0) is 6.42 Å². The van der Waals surface area contributed by atoms with E-state index in [0.717, 1.165) is 29.9 Å². The summed E-state index contributed by atoms with van der Waals surface area (Å²) >= 11 is 0. The first-order chi connectivity index (χ1) is 9.65. The van der Waals surface area contributed by atoms with Gasteiger partial charge in [-0.1, -0.05) is 19.0 Å². The van der Waals surface area contributed by atoms with Crippen molar-refractivity contribution in [3.05, 3.63) is 23.3 Å². The van der Waals surface area contributed by atoms with Crippen LogP contribution in [0.1, 0.15) is 30.9 Å². The second-order valence-corrected chi connectivity index (χ2v) is 4.25. The lowest BCUT2D eigenvalue weighted by Gasteiger charge is -2.07. The number of rotatable bonds is 5. The van der Waals surface area contributed by atoms with Crippen LogP contribution in [0, 0.1) is 0 Å². The second-order valence-electron chi connectivity index (χ2n) is 4.25. The molecule has 2 N–H and O–H groups in total. The van der Waals surface area contributed by atoms with Gasteiger partial charge in [0.2, 0.25) is 5.95 Å². The summed E-state index contributed by atoms with van der Waals surface area (Å²) in [6, 6.07) is -0.341. The molecule has 2 amide bonds. The maximum atomic E-state index is 11.8. The molecule has 8 nitrogen and oxygen atoms in total. The molecule has 108 valence electrons. The van der Waals surface area contributed by atoms with E-state index < -0.39 is 0 Å². The zero-order valence-electron chi connectivity index (χ0n) is 11.8. The molecule has 20 heavy (non-hydrogen) atoms. The van der Waals surface area contributed by atoms with Crippen LogP contribution < -0.4 is 10.6 Å². The summed E-state index contributed by atoms with van der Waals surface area (Å²) in [5.41, 5.74) is 1.82. The third-order valence-corrected chi connectivity index (χ3v) is 2.97. The minimum absolute atomic E-state index is 0.341. The van der Waals surface area contributed by atoms with Gasteiger partial charge < -0.3 is 9.84 Å². The monoisotopic (exact) mass is 278 g/mol. The maximum absolute atomic E-state index is 11.8. The number of aryl methyl sites for hydroxylation is 3. The molecular weight excluding hydrogens is 260 g/mol. The summed E-state index contributed by atoms with van der Waals surface area (Å²) in [5.74, 6) is 1.19. The molecule has 0 aliphatic rings. The lowest BCUT2D eigenvalue weighted by molar-refractivity contribution is 0.251. The SMILES string of the molecule is CCc1noc(CC)c1CNC(=O)Nc1ncnn1C. The van der Waals surface area contributed by atoms with Crippen molar-refractivity contribution < 1.29 is 9.32 Å². The molecule has 0 fully saturated rings. The number of nitrogens with zero attached hydrogens (tertiary/aromatic N) is 4. The zero-order valence-corrected chi connectivity index (χ0v) is 11.8. The molecule has 2 aromatic heterocycles. The average Bonchev–Trinajstić information content (AvgIpc) is 3.02. The van der Waals surface area contributed by atoms with Gasteiger partial charge in [0.25, 0.3) is 0 Å². The molecule has 0 spiro atoms. The van der Waals surface area contributed by atoms with Gasteiger partial charge in [-0.3, -0.25) is 5.32 Å². The van der Waals surface area contributed by atoms with Gasteiger partial charge in [0.1, 0.15) is 12.1 Å². The number of aromatic nitrogens is 4. The third-order valence-electron chi connectivity index (χ3n) is 2.97. The van der Waals surface area contributed by atoms with Crippen molar-refractivity contribution in [1.29, 1.82) is 0 Å². The van der Waals surface area contributed by atoms with Crippen LogP contribution in [0.3, 0.4) is 0 Å². The highest BCUT2D eigenvalue weighted by molar-refractivity contribution is 5.87. The van der Waals surface area contributed by atoms with Gasteiger partial charge in [-0.15, -0.1) is 0 Å². The highest BCUT2D eigenvalue weighted by Gasteiger charge is 2.14. The Morgan fingerprint density at radius 1 is 1.40 bits per heavy atom. The molecule has 0 aromatic carbocycles. The Morgan fingerprint density at radius 2 is 2.20 bits per heavy atom. The molecular formula is C12H18N6O2. The molecule has 0 bridgehead atoms. The summed E-state index contributed by atoms with van der Waals surface area (Å²) in [6.07, 6.45) is 2.89. The van der Waals surface area contributed by atoms with Crippen molar-refractivity contribution in [2.24, 2.45) is 7.05 Å². The van der Waals surface area contributed by atoms with Crippen LogP contribution in [0.4, 0.5) is 10.7 Å². The van der Waals surface area contributed by atoms with E-state index in [2.05, 4.69) is 25.9 Å². The summed E-state index contributed by atoms with van der Waals surface area (Å²) in [6.45, 7) is 4.36. The number of urea groups is 1. The molecule has 0 unspecified atom stereocenters. The fraction of sp³-hybridized carbons (Fsp3) is 0.500. The Hall–Kier alpha value is -2.38. The van der Waals surface area contributed by atoms with Crippen LogP contribution in [0.2, 0.25) is 0 Å². The summed E-state index contributed by atoms with van der Waals surface area (Å²) in [7, 11) is 1.70. The van der Waals surface area contributed by atoms with Crippen molar-refractivity contribution in [3.63, 3.8) is 0 Å². The van der Waals surface area contributed by atoms with Crippen LogP contribution in [0.25, 0.3) is 0 Å². The number of nitrogens with one attached hydrogen (secondary N) is 2. The first kappa shape index (κ1) is 14.0. The normalized spacial score (nSPS) is 10.6. The van der Waals surface area contributed by atoms with Gasteiger partial charge in [0, 0.05) is 25.6 Å². The van der Waals surface area contributed by atoms with E-state index in [-0.39, 0.29) is 6.03 Å². The van der Waals surface area contributed by atoms with Crippen LogP contribution in [0.15, 0.2) is 10.9 Å². The first-order valence-electron chi connectivity index (χ1n) is 6.50.